The summed E-state index contributed by atoms with van der Waals surface area (Å²) >= 11 is 0. The van der Waals surface area contributed by atoms with Crippen LogP contribution in [-0.2, 0) is 16.6 Å². The second-order valence-corrected chi connectivity index (χ2v) is 5.83. The summed E-state index contributed by atoms with van der Waals surface area (Å²) in [5.74, 6) is -0.542. The predicted molar refractivity (Wildman–Crippen MR) is 72.1 cm³/mol. The normalized spacial score (nSPS) is 11.3. The number of pyridine rings is 1. The zero-order chi connectivity index (χ0) is 14.8. The fourth-order valence-corrected chi connectivity index (χ4v) is 3.01. The standard InChI is InChI=1S/C13H13FN2O3S/c1-9-11(14)6-10(8-17)7-12(9)20(18,19)16-13-4-2-3-5-15-13/h2-7,17H,8H2,1H3,(H,15,16). The summed E-state index contributed by atoms with van der Waals surface area (Å²) < 4.78 is 40.4. The number of aromatic nitrogens is 1. The highest BCUT2D eigenvalue weighted by atomic mass is 32.2. The molecule has 2 N–H and O–H groups in total. The van der Waals surface area contributed by atoms with Crippen LogP contribution in [0.4, 0.5) is 10.2 Å². The zero-order valence-corrected chi connectivity index (χ0v) is 11.5. The first kappa shape index (κ1) is 14.4. The second-order valence-electron chi connectivity index (χ2n) is 4.18. The van der Waals surface area contributed by atoms with Crippen molar-refractivity contribution in [3.63, 3.8) is 0 Å². The molecule has 0 atom stereocenters. The van der Waals surface area contributed by atoms with Crippen LogP contribution in [0.3, 0.4) is 0 Å². The molecule has 0 radical (unpaired) electrons. The van der Waals surface area contributed by atoms with Crippen molar-refractivity contribution in [3.05, 3.63) is 53.5 Å². The molecule has 106 valence electrons. The highest BCUT2D eigenvalue weighted by Crippen LogP contribution is 2.22. The molecule has 0 aliphatic carbocycles. The largest absolute Gasteiger partial charge is 0.392 e. The quantitative estimate of drug-likeness (QED) is 0.902. The number of benzene rings is 1. The Balaban J connectivity index is 2.47. The Bertz CT molecular complexity index is 718. The van der Waals surface area contributed by atoms with Gasteiger partial charge < -0.3 is 5.11 Å². The molecule has 2 rings (SSSR count). The van der Waals surface area contributed by atoms with Crippen molar-refractivity contribution in [1.82, 2.24) is 4.98 Å². The van der Waals surface area contributed by atoms with Crippen molar-refractivity contribution in [3.8, 4) is 0 Å². The van der Waals surface area contributed by atoms with Gasteiger partial charge in [0.1, 0.15) is 11.6 Å². The van der Waals surface area contributed by atoms with Crippen LogP contribution in [0.1, 0.15) is 11.1 Å². The number of rotatable bonds is 4. The molecular weight excluding hydrogens is 283 g/mol. The molecule has 0 saturated heterocycles. The number of nitrogens with zero attached hydrogens (tertiary/aromatic N) is 1. The first-order chi connectivity index (χ1) is 9.44. The lowest BCUT2D eigenvalue weighted by atomic mass is 10.1. The van der Waals surface area contributed by atoms with Crippen molar-refractivity contribution < 1.29 is 17.9 Å². The van der Waals surface area contributed by atoms with E-state index in [9.17, 15) is 12.8 Å². The third-order valence-electron chi connectivity index (χ3n) is 2.73. The van der Waals surface area contributed by atoms with Gasteiger partial charge >= 0.3 is 0 Å². The van der Waals surface area contributed by atoms with Crippen molar-refractivity contribution in [2.75, 3.05) is 4.72 Å². The first-order valence-corrected chi connectivity index (χ1v) is 7.26. The van der Waals surface area contributed by atoms with Gasteiger partial charge in [0.25, 0.3) is 10.0 Å². The Kier molecular flexibility index (Phi) is 4.01. The number of anilines is 1. The van der Waals surface area contributed by atoms with Gasteiger partial charge in [-0.2, -0.15) is 0 Å². The Hall–Kier alpha value is -1.99. The van der Waals surface area contributed by atoms with Gasteiger partial charge in [-0.05, 0) is 36.8 Å². The summed E-state index contributed by atoms with van der Waals surface area (Å²) in [7, 11) is -3.96. The number of nitrogens with one attached hydrogen (secondary N) is 1. The third kappa shape index (κ3) is 2.94. The summed E-state index contributed by atoms with van der Waals surface area (Å²) in [6.45, 7) is 0.923. The summed E-state index contributed by atoms with van der Waals surface area (Å²) in [6, 6.07) is 7.11. The van der Waals surface area contributed by atoms with Crippen molar-refractivity contribution >= 4 is 15.8 Å². The van der Waals surface area contributed by atoms with Gasteiger partial charge in [-0.3, -0.25) is 4.72 Å². The van der Waals surface area contributed by atoms with Crippen LogP contribution in [0.15, 0.2) is 41.4 Å². The Labute approximate surface area is 116 Å². The highest BCUT2D eigenvalue weighted by molar-refractivity contribution is 7.92. The lowest BCUT2D eigenvalue weighted by Crippen LogP contribution is -2.16. The molecule has 1 aromatic heterocycles. The molecule has 0 amide bonds. The van der Waals surface area contributed by atoms with Gasteiger partial charge in [-0.15, -0.1) is 0 Å². The van der Waals surface area contributed by atoms with Crippen molar-refractivity contribution in [2.24, 2.45) is 0 Å². The molecule has 1 heterocycles. The van der Waals surface area contributed by atoms with E-state index < -0.39 is 22.4 Å². The minimum Gasteiger partial charge on any atom is -0.392 e. The molecule has 0 unspecified atom stereocenters. The van der Waals surface area contributed by atoms with E-state index in [1.807, 2.05) is 0 Å². The van der Waals surface area contributed by atoms with Gasteiger partial charge in [-0.25, -0.2) is 17.8 Å². The minimum absolute atomic E-state index is 0.00867. The molecule has 0 aliphatic heterocycles. The lowest BCUT2D eigenvalue weighted by Gasteiger charge is -2.11. The van der Waals surface area contributed by atoms with Crippen molar-refractivity contribution in [2.45, 2.75) is 18.4 Å². The summed E-state index contributed by atoms with van der Waals surface area (Å²) in [5.41, 5.74) is 0.181. The average Bonchev–Trinajstić information content (AvgIpc) is 2.42. The van der Waals surface area contributed by atoms with Crippen LogP contribution in [0.5, 0.6) is 0 Å². The number of sulfonamides is 1. The first-order valence-electron chi connectivity index (χ1n) is 5.78. The summed E-state index contributed by atoms with van der Waals surface area (Å²) in [6.07, 6.45) is 1.44. The number of aliphatic hydroxyl groups is 1. The van der Waals surface area contributed by atoms with Gasteiger partial charge in [0, 0.05) is 11.8 Å². The Morgan fingerprint density at radius 1 is 1.35 bits per heavy atom. The summed E-state index contributed by atoms with van der Waals surface area (Å²) in [4.78, 5) is 3.64. The van der Waals surface area contributed by atoms with Crippen LogP contribution in [0.25, 0.3) is 0 Å². The number of aliphatic hydroxyl groups excluding tert-OH is 1. The molecule has 20 heavy (non-hydrogen) atoms. The predicted octanol–water partition coefficient (Wildman–Crippen LogP) is 1.82. The molecule has 0 aliphatic rings. The van der Waals surface area contributed by atoms with E-state index in [-0.39, 0.29) is 21.8 Å². The third-order valence-corrected chi connectivity index (χ3v) is 4.21. The van der Waals surface area contributed by atoms with Crippen LogP contribution in [0.2, 0.25) is 0 Å². The second kappa shape index (κ2) is 5.56. The molecule has 7 heteroatoms. The van der Waals surface area contributed by atoms with Crippen LogP contribution in [-0.4, -0.2) is 18.5 Å². The van der Waals surface area contributed by atoms with Crippen LogP contribution in [0, 0.1) is 12.7 Å². The van der Waals surface area contributed by atoms with E-state index in [4.69, 9.17) is 5.11 Å². The lowest BCUT2D eigenvalue weighted by molar-refractivity contribution is 0.281. The highest BCUT2D eigenvalue weighted by Gasteiger charge is 2.20. The van der Waals surface area contributed by atoms with Gasteiger partial charge in [0.2, 0.25) is 0 Å². The average molecular weight is 296 g/mol. The monoisotopic (exact) mass is 296 g/mol. The topological polar surface area (TPSA) is 79.3 Å². The van der Waals surface area contributed by atoms with Crippen LogP contribution < -0.4 is 4.72 Å². The fourth-order valence-electron chi connectivity index (χ4n) is 1.69. The van der Waals surface area contributed by atoms with E-state index in [1.54, 1.807) is 12.1 Å². The van der Waals surface area contributed by atoms with E-state index >= 15 is 0 Å². The number of hydrogen-bond acceptors (Lipinski definition) is 4. The molecule has 0 bridgehead atoms. The SMILES string of the molecule is Cc1c(F)cc(CO)cc1S(=O)(=O)Nc1ccccn1. The number of hydrogen-bond donors (Lipinski definition) is 2. The van der Waals surface area contributed by atoms with Gasteiger partial charge in [0.15, 0.2) is 0 Å². The van der Waals surface area contributed by atoms with E-state index in [2.05, 4.69) is 9.71 Å². The molecule has 0 fully saturated rings. The maximum absolute atomic E-state index is 13.7. The fraction of sp³-hybridized carbons (Fsp3) is 0.154. The van der Waals surface area contributed by atoms with Crippen LogP contribution >= 0.6 is 0 Å². The molecule has 5 nitrogen and oxygen atoms in total. The van der Waals surface area contributed by atoms with Gasteiger partial charge in [0.05, 0.1) is 11.5 Å². The maximum atomic E-state index is 13.7. The Morgan fingerprint density at radius 3 is 2.70 bits per heavy atom. The van der Waals surface area contributed by atoms with E-state index in [0.717, 1.165) is 6.07 Å². The Morgan fingerprint density at radius 2 is 2.10 bits per heavy atom. The molecule has 2 aromatic rings. The van der Waals surface area contributed by atoms with Gasteiger partial charge in [-0.1, -0.05) is 6.07 Å². The maximum Gasteiger partial charge on any atom is 0.263 e. The van der Waals surface area contributed by atoms with E-state index in [0.29, 0.717) is 0 Å². The molecule has 0 spiro atoms. The van der Waals surface area contributed by atoms with Crippen molar-refractivity contribution in [1.29, 1.82) is 0 Å². The zero-order valence-electron chi connectivity index (χ0n) is 10.7. The summed E-state index contributed by atoms with van der Waals surface area (Å²) in [5, 5.41) is 9.04. The molecular formula is C13H13FN2O3S. The number of halogens is 1. The van der Waals surface area contributed by atoms with E-state index in [1.165, 1.54) is 25.3 Å². The molecule has 1 aromatic carbocycles. The molecule has 0 saturated carbocycles. The minimum atomic E-state index is -3.96. The smallest absolute Gasteiger partial charge is 0.263 e.